The van der Waals surface area contributed by atoms with Crippen LogP contribution in [0.3, 0.4) is 0 Å². The number of rotatable bonds is 5. The van der Waals surface area contributed by atoms with Gasteiger partial charge in [-0.2, -0.15) is 13.2 Å². The Morgan fingerprint density at radius 1 is 1.22 bits per heavy atom. The van der Waals surface area contributed by atoms with Crippen molar-refractivity contribution in [3.05, 3.63) is 28.2 Å². The molecule has 6 heteroatoms. The lowest BCUT2D eigenvalue weighted by molar-refractivity contribution is -0.137. The van der Waals surface area contributed by atoms with Crippen molar-refractivity contribution in [2.75, 3.05) is 18.4 Å². The van der Waals surface area contributed by atoms with E-state index in [1.165, 1.54) is 18.9 Å². The molecule has 2 rings (SSSR count). The minimum atomic E-state index is -4.30. The molecule has 0 spiro atoms. The van der Waals surface area contributed by atoms with Gasteiger partial charge in [-0.1, -0.05) is 0 Å². The summed E-state index contributed by atoms with van der Waals surface area (Å²) in [6, 6.07) is 4.27. The first-order chi connectivity index (χ1) is 8.47. The zero-order valence-corrected chi connectivity index (χ0v) is 11.2. The predicted molar refractivity (Wildman–Crippen MR) is 68.7 cm³/mol. The van der Waals surface area contributed by atoms with Crippen LogP contribution in [0.5, 0.6) is 0 Å². The van der Waals surface area contributed by atoms with Crippen molar-refractivity contribution in [2.45, 2.75) is 25.1 Å². The van der Waals surface area contributed by atoms with E-state index in [1.54, 1.807) is 0 Å². The summed E-state index contributed by atoms with van der Waals surface area (Å²) < 4.78 is 37.8. The average Bonchev–Trinajstić information content (AvgIpc) is 3.08. The van der Waals surface area contributed by atoms with Gasteiger partial charge in [-0.25, -0.2) is 0 Å². The molecule has 1 fully saturated rings. The Morgan fingerprint density at radius 3 is 2.50 bits per heavy atom. The smallest absolute Gasteiger partial charge is 0.383 e. The molecule has 1 saturated carbocycles. The second-order valence-corrected chi connectivity index (χ2v) is 5.20. The third kappa shape index (κ3) is 3.88. The van der Waals surface area contributed by atoms with Gasteiger partial charge in [0.05, 0.1) is 5.56 Å². The van der Waals surface area contributed by atoms with Crippen molar-refractivity contribution in [3.63, 3.8) is 0 Å². The molecule has 1 aromatic rings. The summed E-state index contributed by atoms with van der Waals surface area (Å²) in [5.74, 6) is 0. The molecule has 2 N–H and O–H groups in total. The molecule has 0 heterocycles. The van der Waals surface area contributed by atoms with Gasteiger partial charge in [-0.3, -0.25) is 0 Å². The molecule has 2 nitrogen and oxygen atoms in total. The highest BCUT2D eigenvalue weighted by Crippen LogP contribution is 2.33. The van der Waals surface area contributed by atoms with Gasteiger partial charge in [0.2, 0.25) is 0 Å². The van der Waals surface area contributed by atoms with Crippen LogP contribution in [0.4, 0.5) is 18.9 Å². The maximum Gasteiger partial charge on any atom is 0.416 e. The molecule has 18 heavy (non-hydrogen) atoms. The van der Waals surface area contributed by atoms with E-state index in [0.717, 1.165) is 18.7 Å². The SMILES string of the molecule is FC(F)(F)c1ccc(NCCNC2CC2)c(Br)c1. The first-order valence-corrected chi connectivity index (χ1v) is 6.60. The molecule has 1 aliphatic rings. The van der Waals surface area contributed by atoms with E-state index in [1.807, 2.05) is 0 Å². The first kappa shape index (κ1) is 13.7. The lowest BCUT2D eigenvalue weighted by Crippen LogP contribution is -2.24. The molecule has 0 radical (unpaired) electrons. The van der Waals surface area contributed by atoms with Crippen molar-refractivity contribution in [2.24, 2.45) is 0 Å². The van der Waals surface area contributed by atoms with Crippen molar-refractivity contribution in [1.82, 2.24) is 5.32 Å². The van der Waals surface area contributed by atoms with Crippen LogP contribution in [0, 0.1) is 0 Å². The highest BCUT2D eigenvalue weighted by molar-refractivity contribution is 9.10. The summed E-state index contributed by atoms with van der Waals surface area (Å²) in [6.45, 7) is 1.51. The maximum absolute atomic E-state index is 12.5. The van der Waals surface area contributed by atoms with Gasteiger partial charge in [-0.15, -0.1) is 0 Å². The third-order valence-corrected chi connectivity index (χ3v) is 3.40. The van der Waals surface area contributed by atoms with E-state index in [9.17, 15) is 13.2 Å². The lowest BCUT2D eigenvalue weighted by atomic mass is 10.2. The number of alkyl halides is 3. The molecule has 0 saturated heterocycles. The molecule has 1 aliphatic carbocycles. The van der Waals surface area contributed by atoms with Gasteiger partial charge >= 0.3 is 6.18 Å². The number of anilines is 1. The Labute approximate surface area is 112 Å². The predicted octanol–water partition coefficient (Wildman–Crippen LogP) is 3.63. The fourth-order valence-electron chi connectivity index (χ4n) is 1.60. The zero-order chi connectivity index (χ0) is 13.2. The van der Waals surface area contributed by atoms with E-state index in [-0.39, 0.29) is 0 Å². The number of hydrogen-bond acceptors (Lipinski definition) is 2. The molecule has 0 aromatic heterocycles. The molecule has 0 atom stereocenters. The molecule has 100 valence electrons. The van der Waals surface area contributed by atoms with Crippen LogP contribution in [0.1, 0.15) is 18.4 Å². The van der Waals surface area contributed by atoms with Crippen LogP contribution >= 0.6 is 15.9 Å². The van der Waals surface area contributed by atoms with Crippen molar-refractivity contribution >= 4 is 21.6 Å². The second kappa shape index (κ2) is 5.48. The van der Waals surface area contributed by atoms with Gasteiger partial charge < -0.3 is 10.6 Å². The van der Waals surface area contributed by atoms with Crippen LogP contribution in [-0.2, 0) is 6.18 Å². The van der Waals surface area contributed by atoms with Crippen LogP contribution < -0.4 is 10.6 Å². The van der Waals surface area contributed by atoms with Gasteiger partial charge in [0.1, 0.15) is 0 Å². The molecule has 0 unspecified atom stereocenters. The van der Waals surface area contributed by atoms with Crippen molar-refractivity contribution in [3.8, 4) is 0 Å². The quantitative estimate of drug-likeness (QED) is 0.809. The van der Waals surface area contributed by atoms with Crippen LogP contribution in [-0.4, -0.2) is 19.1 Å². The van der Waals surface area contributed by atoms with Crippen molar-refractivity contribution in [1.29, 1.82) is 0 Å². The monoisotopic (exact) mass is 322 g/mol. The summed E-state index contributed by atoms with van der Waals surface area (Å²) >= 11 is 3.15. The fourth-order valence-corrected chi connectivity index (χ4v) is 2.11. The van der Waals surface area contributed by atoms with Crippen LogP contribution in [0.15, 0.2) is 22.7 Å². The highest BCUT2D eigenvalue weighted by atomic mass is 79.9. The van der Waals surface area contributed by atoms with Gasteiger partial charge in [0.15, 0.2) is 0 Å². The Kier molecular flexibility index (Phi) is 4.17. The first-order valence-electron chi connectivity index (χ1n) is 5.81. The van der Waals surface area contributed by atoms with E-state index >= 15 is 0 Å². The van der Waals surface area contributed by atoms with Crippen molar-refractivity contribution < 1.29 is 13.2 Å². The van der Waals surface area contributed by atoms with Gasteiger partial charge in [0.25, 0.3) is 0 Å². The minimum absolute atomic E-state index is 0.434. The van der Waals surface area contributed by atoms with Gasteiger partial charge in [-0.05, 0) is 47.0 Å². The molecule has 1 aromatic carbocycles. The molecular weight excluding hydrogens is 309 g/mol. The van der Waals surface area contributed by atoms with E-state index in [2.05, 4.69) is 26.6 Å². The lowest BCUT2D eigenvalue weighted by Gasteiger charge is -2.12. The molecule has 0 amide bonds. The van der Waals surface area contributed by atoms with E-state index in [0.29, 0.717) is 22.7 Å². The largest absolute Gasteiger partial charge is 0.416 e. The van der Waals surface area contributed by atoms with E-state index < -0.39 is 11.7 Å². The summed E-state index contributed by atoms with van der Waals surface area (Å²) in [7, 11) is 0. The second-order valence-electron chi connectivity index (χ2n) is 4.35. The normalized spacial score (nSPS) is 15.8. The number of halogens is 4. The standard InChI is InChI=1S/C12H14BrF3N2/c13-10-7-8(12(14,15)16)1-4-11(10)18-6-5-17-9-2-3-9/h1,4,7,9,17-18H,2-3,5-6H2. The summed E-state index contributed by atoms with van der Waals surface area (Å²) in [4.78, 5) is 0. The summed E-state index contributed by atoms with van der Waals surface area (Å²) in [5, 5.41) is 6.42. The minimum Gasteiger partial charge on any atom is -0.383 e. The summed E-state index contributed by atoms with van der Waals surface area (Å²) in [5.41, 5.74) is 0.0385. The highest BCUT2D eigenvalue weighted by Gasteiger charge is 2.30. The molecular formula is C12H14BrF3N2. The molecule has 0 bridgehead atoms. The van der Waals surface area contributed by atoms with Gasteiger partial charge in [0, 0.05) is 29.3 Å². The Balaban J connectivity index is 1.88. The number of hydrogen-bond donors (Lipinski definition) is 2. The Morgan fingerprint density at radius 2 is 1.94 bits per heavy atom. The number of nitrogens with one attached hydrogen (secondary N) is 2. The fraction of sp³-hybridized carbons (Fsp3) is 0.500. The zero-order valence-electron chi connectivity index (χ0n) is 9.65. The Bertz CT molecular complexity index is 416. The molecule has 0 aliphatic heterocycles. The third-order valence-electron chi connectivity index (χ3n) is 2.75. The van der Waals surface area contributed by atoms with E-state index in [4.69, 9.17) is 0 Å². The average molecular weight is 323 g/mol. The van der Waals surface area contributed by atoms with Crippen LogP contribution in [0.25, 0.3) is 0 Å². The maximum atomic E-state index is 12.5. The Hall–Kier alpha value is -0.750. The van der Waals surface area contributed by atoms with Crippen LogP contribution in [0.2, 0.25) is 0 Å². The number of benzene rings is 1. The topological polar surface area (TPSA) is 24.1 Å². The summed E-state index contributed by atoms with van der Waals surface area (Å²) in [6.07, 6.45) is -1.84.